The van der Waals surface area contributed by atoms with E-state index < -0.39 is 0 Å². The zero-order valence-corrected chi connectivity index (χ0v) is 13.0. The van der Waals surface area contributed by atoms with Crippen LogP contribution in [0.1, 0.15) is 47.0 Å². The van der Waals surface area contributed by atoms with Gasteiger partial charge in [-0.1, -0.05) is 45.3 Å². The van der Waals surface area contributed by atoms with E-state index in [4.69, 9.17) is 0 Å². The van der Waals surface area contributed by atoms with Crippen molar-refractivity contribution in [2.45, 2.75) is 53.1 Å². The van der Waals surface area contributed by atoms with Gasteiger partial charge < -0.3 is 5.11 Å². The lowest BCUT2D eigenvalue weighted by atomic mass is 10.1. The monoisotopic (exact) mass is 300 g/mol. The molecule has 0 aliphatic heterocycles. The van der Waals surface area contributed by atoms with Gasteiger partial charge in [0.1, 0.15) is 0 Å². The summed E-state index contributed by atoms with van der Waals surface area (Å²) in [6.45, 7) is 8.40. The highest BCUT2D eigenvalue weighted by atomic mass is 79.9. The topological polar surface area (TPSA) is 20.2 Å². The summed E-state index contributed by atoms with van der Waals surface area (Å²) < 4.78 is 0. The Bertz CT molecular complexity index is 296. The highest BCUT2D eigenvalue weighted by molar-refractivity contribution is 9.09. The van der Waals surface area contributed by atoms with Gasteiger partial charge in [-0.25, -0.2) is 0 Å². The van der Waals surface area contributed by atoms with Crippen LogP contribution in [0.15, 0.2) is 34.9 Å². The van der Waals surface area contributed by atoms with Crippen molar-refractivity contribution in [2.24, 2.45) is 0 Å². The van der Waals surface area contributed by atoms with Crippen LogP contribution >= 0.6 is 15.9 Å². The number of halogens is 1. The van der Waals surface area contributed by atoms with Gasteiger partial charge in [-0.15, -0.1) is 0 Å². The van der Waals surface area contributed by atoms with E-state index in [1.807, 2.05) is 6.92 Å². The van der Waals surface area contributed by atoms with E-state index in [-0.39, 0.29) is 6.10 Å². The minimum atomic E-state index is -0.352. The molecule has 0 radical (unpaired) electrons. The summed E-state index contributed by atoms with van der Waals surface area (Å²) in [4.78, 5) is 0. The van der Waals surface area contributed by atoms with Crippen LogP contribution in [0.3, 0.4) is 0 Å². The summed E-state index contributed by atoms with van der Waals surface area (Å²) in [6.07, 6.45) is 9.41. The Kier molecular flexibility index (Phi) is 9.47. The molecule has 17 heavy (non-hydrogen) atoms. The Morgan fingerprint density at radius 1 is 1.12 bits per heavy atom. The average molecular weight is 301 g/mol. The molecule has 0 saturated carbocycles. The minimum absolute atomic E-state index is 0.352. The van der Waals surface area contributed by atoms with E-state index >= 15 is 0 Å². The summed E-state index contributed by atoms with van der Waals surface area (Å²) in [6, 6.07) is 0. The minimum Gasteiger partial charge on any atom is -0.388 e. The van der Waals surface area contributed by atoms with Gasteiger partial charge in [0.15, 0.2) is 0 Å². The van der Waals surface area contributed by atoms with Crippen LogP contribution in [-0.2, 0) is 0 Å². The molecule has 0 aromatic rings. The number of hydrogen-bond acceptors (Lipinski definition) is 1. The Hall–Kier alpha value is -0.340. The molecule has 0 saturated heterocycles. The van der Waals surface area contributed by atoms with E-state index in [1.165, 1.54) is 11.1 Å². The first kappa shape index (κ1) is 16.7. The fraction of sp³-hybridized carbons (Fsp3) is 0.600. The van der Waals surface area contributed by atoms with Crippen molar-refractivity contribution in [1.82, 2.24) is 0 Å². The molecule has 98 valence electrons. The van der Waals surface area contributed by atoms with E-state index in [0.29, 0.717) is 5.33 Å². The number of hydrogen-bond donors (Lipinski definition) is 1. The summed E-state index contributed by atoms with van der Waals surface area (Å²) in [5.74, 6) is 0. The van der Waals surface area contributed by atoms with Crippen molar-refractivity contribution in [1.29, 1.82) is 0 Å². The molecule has 1 nitrogen and oxygen atoms in total. The van der Waals surface area contributed by atoms with Crippen LogP contribution in [0.25, 0.3) is 0 Å². The van der Waals surface area contributed by atoms with Crippen LogP contribution in [0, 0.1) is 0 Å². The Morgan fingerprint density at radius 2 is 1.76 bits per heavy atom. The maximum atomic E-state index is 9.55. The van der Waals surface area contributed by atoms with E-state index in [1.54, 1.807) is 0 Å². The molecule has 0 amide bonds. The maximum Gasteiger partial charge on any atom is 0.0844 e. The lowest BCUT2D eigenvalue weighted by molar-refractivity contribution is 0.237. The summed E-state index contributed by atoms with van der Waals surface area (Å²) in [5.41, 5.74) is 3.84. The molecule has 0 spiro atoms. The highest BCUT2D eigenvalue weighted by Crippen LogP contribution is 2.10. The molecule has 0 fully saturated rings. The molecule has 0 aromatic carbocycles. The number of aliphatic hydroxyl groups excluding tert-OH is 1. The van der Waals surface area contributed by atoms with Crippen molar-refractivity contribution in [3.8, 4) is 0 Å². The van der Waals surface area contributed by atoms with Crippen molar-refractivity contribution >= 4 is 15.9 Å². The van der Waals surface area contributed by atoms with Gasteiger partial charge in [0.25, 0.3) is 0 Å². The van der Waals surface area contributed by atoms with Crippen LogP contribution in [-0.4, -0.2) is 16.5 Å². The van der Waals surface area contributed by atoms with Crippen LogP contribution in [0.5, 0.6) is 0 Å². The zero-order chi connectivity index (χ0) is 13.3. The second-order valence-electron chi connectivity index (χ2n) is 4.72. The van der Waals surface area contributed by atoms with Crippen molar-refractivity contribution < 1.29 is 5.11 Å². The number of aliphatic hydroxyl groups is 1. The normalized spacial score (nSPS) is 14.7. The van der Waals surface area contributed by atoms with Gasteiger partial charge in [0, 0.05) is 5.33 Å². The van der Waals surface area contributed by atoms with Crippen LogP contribution in [0.4, 0.5) is 0 Å². The first-order valence-corrected chi connectivity index (χ1v) is 7.29. The third-order valence-corrected chi connectivity index (χ3v) is 3.28. The molecular formula is C15H25BrO. The predicted octanol–water partition coefficient (Wildman–Crippen LogP) is 4.77. The largest absolute Gasteiger partial charge is 0.388 e. The third-order valence-electron chi connectivity index (χ3n) is 2.67. The van der Waals surface area contributed by atoms with Gasteiger partial charge in [0.05, 0.1) is 6.10 Å². The van der Waals surface area contributed by atoms with Gasteiger partial charge in [-0.3, -0.25) is 0 Å². The van der Waals surface area contributed by atoms with Crippen molar-refractivity contribution in [2.75, 3.05) is 5.33 Å². The molecule has 1 N–H and O–H groups in total. The Balaban J connectivity index is 4.03. The standard InChI is InChI=1S/C15H25BrO/c1-12(2)7-5-8-13(3)9-6-10-14(4)15(17)11-16/h7,9-10,15,17H,5-6,8,11H2,1-4H3/b13-9+,14-10-/t15-/m1/s1. The Labute approximate surface area is 114 Å². The fourth-order valence-corrected chi connectivity index (χ4v) is 1.90. The predicted molar refractivity (Wildman–Crippen MR) is 80.6 cm³/mol. The van der Waals surface area contributed by atoms with Gasteiger partial charge in [0.2, 0.25) is 0 Å². The van der Waals surface area contributed by atoms with Crippen molar-refractivity contribution in [3.63, 3.8) is 0 Å². The Morgan fingerprint density at radius 3 is 2.29 bits per heavy atom. The first-order valence-electron chi connectivity index (χ1n) is 6.17. The van der Waals surface area contributed by atoms with Crippen LogP contribution in [0.2, 0.25) is 0 Å². The van der Waals surface area contributed by atoms with Gasteiger partial charge in [-0.2, -0.15) is 0 Å². The number of rotatable bonds is 7. The second-order valence-corrected chi connectivity index (χ2v) is 5.37. The number of alkyl halides is 1. The summed E-state index contributed by atoms with van der Waals surface area (Å²) in [7, 11) is 0. The average Bonchev–Trinajstić information content (AvgIpc) is 2.27. The van der Waals surface area contributed by atoms with E-state index in [0.717, 1.165) is 24.8 Å². The second kappa shape index (κ2) is 9.67. The molecule has 0 aromatic heterocycles. The third kappa shape index (κ3) is 9.37. The molecule has 0 aliphatic carbocycles. The molecular weight excluding hydrogens is 276 g/mol. The first-order chi connectivity index (χ1) is 7.97. The lowest BCUT2D eigenvalue weighted by Crippen LogP contribution is -2.08. The molecule has 2 heteroatoms. The molecule has 0 unspecified atom stereocenters. The lowest BCUT2D eigenvalue weighted by Gasteiger charge is -2.06. The highest BCUT2D eigenvalue weighted by Gasteiger charge is 2.01. The SMILES string of the molecule is CC(C)=CCC/C(C)=C/C/C=C(/C)[C@H](O)CBr. The fourth-order valence-electron chi connectivity index (χ4n) is 1.39. The van der Waals surface area contributed by atoms with Gasteiger partial charge in [-0.05, 0) is 52.5 Å². The molecule has 0 rings (SSSR count). The maximum absolute atomic E-state index is 9.55. The summed E-state index contributed by atoms with van der Waals surface area (Å²) in [5, 5.41) is 10.2. The smallest absolute Gasteiger partial charge is 0.0844 e. The van der Waals surface area contributed by atoms with Gasteiger partial charge >= 0.3 is 0 Å². The van der Waals surface area contributed by atoms with E-state index in [9.17, 15) is 5.11 Å². The molecule has 0 bridgehead atoms. The molecule has 0 heterocycles. The number of allylic oxidation sites excluding steroid dienone is 5. The molecule has 0 aliphatic rings. The summed E-state index contributed by atoms with van der Waals surface area (Å²) >= 11 is 3.27. The van der Waals surface area contributed by atoms with Crippen molar-refractivity contribution in [3.05, 3.63) is 34.9 Å². The van der Waals surface area contributed by atoms with E-state index in [2.05, 4.69) is 54.9 Å². The molecule has 1 atom stereocenters. The zero-order valence-electron chi connectivity index (χ0n) is 11.5. The van der Waals surface area contributed by atoms with Crippen LogP contribution < -0.4 is 0 Å². The quantitative estimate of drug-likeness (QED) is 0.530.